The van der Waals surface area contributed by atoms with Gasteiger partial charge in [-0.15, -0.1) is 11.3 Å². The van der Waals surface area contributed by atoms with Crippen molar-refractivity contribution in [1.29, 1.82) is 0 Å². The molecule has 2 heterocycles. The molecule has 7 heteroatoms. The molecule has 4 nitrogen and oxygen atoms in total. The second-order valence-electron chi connectivity index (χ2n) is 3.86. The van der Waals surface area contributed by atoms with Gasteiger partial charge in [0.15, 0.2) is 0 Å². The molecule has 0 aliphatic carbocycles. The summed E-state index contributed by atoms with van der Waals surface area (Å²) in [5, 5.41) is 0. The highest BCUT2D eigenvalue weighted by atomic mass is 79.9. The number of furan rings is 1. The second kappa shape index (κ2) is 5.16. The third-order valence-electron chi connectivity index (χ3n) is 2.46. The van der Waals surface area contributed by atoms with E-state index >= 15 is 0 Å². The maximum absolute atomic E-state index is 12.3. The maximum atomic E-state index is 12.3. The average Bonchev–Trinajstić information content (AvgIpc) is 2.90. The van der Waals surface area contributed by atoms with Crippen LogP contribution >= 0.6 is 27.3 Å². The van der Waals surface area contributed by atoms with Crippen molar-refractivity contribution in [2.45, 2.75) is 17.7 Å². The molecule has 0 saturated carbocycles. The summed E-state index contributed by atoms with van der Waals surface area (Å²) in [5.41, 5.74) is 0.921. The van der Waals surface area contributed by atoms with E-state index in [0.29, 0.717) is 9.97 Å². The van der Waals surface area contributed by atoms with Crippen molar-refractivity contribution in [1.82, 2.24) is 4.31 Å². The van der Waals surface area contributed by atoms with Crippen LogP contribution in [0.15, 0.2) is 36.9 Å². The minimum atomic E-state index is -3.45. The Bertz CT molecular complexity index is 612. The molecule has 18 heavy (non-hydrogen) atoms. The van der Waals surface area contributed by atoms with Gasteiger partial charge in [0, 0.05) is 7.05 Å². The Kier molecular flexibility index (Phi) is 3.96. The zero-order chi connectivity index (χ0) is 13.3. The standard InChI is InChI=1S/C11H12BrNO3S2/c1-8-6-10(17-11(8)12)18(14,15)13(2)7-9-4-3-5-16-9/h3-6H,7H2,1-2H3. The molecule has 2 rings (SSSR count). The van der Waals surface area contributed by atoms with Crippen LogP contribution in [0.25, 0.3) is 0 Å². The summed E-state index contributed by atoms with van der Waals surface area (Å²) in [6, 6.07) is 5.16. The third-order valence-corrected chi connectivity index (χ3v) is 6.85. The molecule has 0 saturated heterocycles. The molecular formula is C11H12BrNO3S2. The predicted molar refractivity (Wildman–Crippen MR) is 74.1 cm³/mol. The Labute approximate surface area is 118 Å². The first kappa shape index (κ1) is 13.8. The van der Waals surface area contributed by atoms with Crippen molar-refractivity contribution in [3.05, 3.63) is 39.6 Å². The molecule has 0 aromatic carbocycles. The Morgan fingerprint density at radius 1 is 1.50 bits per heavy atom. The van der Waals surface area contributed by atoms with E-state index in [4.69, 9.17) is 4.42 Å². The lowest BCUT2D eigenvalue weighted by molar-refractivity contribution is 0.407. The number of halogens is 1. The first-order chi connectivity index (χ1) is 8.41. The molecule has 0 radical (unpaired) electrons. The van der Waals surface area contributed by atoms with Crippen molar-refractivity contribution >= 4 is 37.3 Å². The molecule has 0 spiro atoms. The predicted octanol–water partition coefficient (Wildman–Crippen LogP) is 3.23. The van der Waals surface area contributed by atoms with Crippen LogP contribution < -0.4 is 0 Å². The fourth-order valence-electron chi connectivity index (χ4n) is 1.42. The van der Waals surface area contributed by atoms with Crippen molar-refractivity contribution in [3.63, 3.8) is 0 Å². The third kappa shape index (κ3) is 2.69. The van der Waals surface area contributed by atoms with E-state index in [2.05, 4.69) is 15.9 Å². The lowest BCUT2D eigenvalue weighted by atomic mass is 10.4. The molecule has 0 aliphatic heterocycles. The van der Waals surface area contributed by atoms with E-state index in [1.165, 1.54) is 21.9 Å². The van der Waals surface area contributed by atoms with Gasteiger partial charge in [0.25, 0.3) is 10.0 Å². The van der Waals surface area contributed by atoms with Crippen LogP contribution in [-0.4, -0.2) is 19.8 Å². The van der Waals surface area contributed by atoms with Gasteiger partial charge in [-0.05, 0) is 46.6 Å². The van der Waals surface area contributed by atoms with Gasteiger partial charge in [-0.25, -0.2) is 8.42 Å². The van der Waals surface area contributed by atoms with Crippen molar-refractivity contribution < 1.29 is 12.8 Å². The Morgan fingerprint density at radius 2 is 2.22 bits per heavy atom. The minimum Gasteiger partial charge on any atom is -0.468 e. The molecule has 2 aromatic rings. The smallest absolute Gasteiger partial charge is 0.252 e. The summed E-state index contributed by atoms with van der Waals surface area (Å²) in [6.45, 7) is 2.09. The highest BCUT2D eigenvalue weighted by Crippen LogP contribution is 2.32. The first-order valence-corrected chi connectivity index (χ1v) is 8.21. The van der Waals surface area contributed by atoms with E-state index in [-0.39, 0.29) is 6.54 Å². The van der Waals surface area contributed by atoms with Gasteiger partial charge in [-0.2, -0.15) is 4.31 Å². The van der Waals surface area contributed by atoms with Crippen molar-refractivity contribution in [2.75, 3.05) is 7.05 Å². The monoisotopic (exact) mass is 349 g/mol. The van der Waals surface area contributed by atoms with Crippen molar-refractivity contribution in [3.8, 4) is 0 Å². The highest BCUT2D eigenvalue weighted by molar-refractivity contribution is 9.11. The molecule has 0 atom stereocenters. The number of hydrogen-bond donors (Lipinski definition) is 0. The van der Waals surface area contributed by atoms with Gasteiger partial charge >= 0.3 is 0 Å². The number of rotatable bonds is 4. The molecule has 0 fully saturated rings. The average molecular weight is 350 g/mol. The molecule has 0 aliphatic rings. The fourth-order valence-corrected chi connectivity index (χ4v) is 4.99. The number of sulfonamides is 1. The number of thiophene rings is 1. The maximum Gasteiger partial charge on any atom is 0.252 e. The lowest BCUT2D eigenvalue weighted by Gasteiger charge is -2.14. The molecule has 0 bridgehead atoms. The SMILES string of the molecule is Cc1cc(S(=O)(=O)N(C)Cc2ccco2)sc1Br. The first-order valence-electron chi connectivity index (χ1n) is 5.16. The number of hydrogen-bond acceptors (Lipinski definition) is 4. The highest BCUT2D eigenvalue weighted by Gasteiger charge is 2.24. The molecule has 98 valence electrons. The fraction of sp³-hybridized carbons (Fsp3) is 0.273. The molecule has 0 amide bonds. The van der Waals surface area contributed by atoms with E-state index in [1.807, 2.05) is 6.92 Å². The Hall–Kier alpha value is -0.630. The zero-order valence-corrected chi connectivity index (χ0v) is 13.1. The zero-order valence-electron chi connectivity index (χ0n) is 9.88. The van der Waals surface area contributed by atoms with Crippen LogP contribution in [0.1, 0.15) is 11.3 Å². The Morgan fingerprint density at radius 3 is 2.72 bits per heavy atom. The molecular weight excluding hydrogens is 338 g/mol. The molecule has 0 N–H and O–H groups in total. The van der Waals surface area contributed by atoms with Gasteiger partial charge in [0.05, 0.1) is 16.6 Å². The van der Waals surface area contributed by atoms with Crippen LogP contribution in [-0.2, 0) is 16.6 Å². The van der Waals surface area contributed by atoms with Crippen LogP contribution in [0.4, 0.5) is 0 Å². The van der Waals surface area contributed by atoms with Crippen LogP contribution in [0.2, 0.25) is 0 Å². The number of nitrogens with zero attached hydrogens (tertiary/aromatic N) is 1. The van der Waals surface area contributed by atoms with Gasteiger partial charge in [-0.3, -0.25) is 0 Å². The van der Waals surface area contributed by atoms with Gasteiger partial charge in [-0.1, -0.05) is 0 Å². The number of aryl methyl sites for hydroxylation is 1. The van der Waals surface area contributed by atoms with Gasteiger partial charge < -0.3 is 4.42 Å². The van der Waals surface area contributed by atoms with Crippen LogP contribution in [0.5, 0.6) is 0 Å². The van der Waals surface area contributed by atoms with Crippen LogP contribution in [0, 0.1) is 6.92 Å². The van der Waals surface area contributed by atoms with Crippen LogP contribution in [0.3, 0.4) is 0 Å². The summed E-state index contributed by atoms with van der Waals surface area (Å²) in [6.07, 6.45) is 1.53. The summed E-state index contributed by atoms with van der Waals surface area (Å²) in [7, 11) is -1.91. The van der Waals surface area contributed by atoms with Crippen molar-refractivity contribution in [2.24, 2.45) is 0 Å². The molecule has 0 unspecified atom stereocenters. The summed E-state index contributed by atoms with van der Waals surface area (Å²) >= 11 is 4.55. The van der Waals surface area contributed by atoms with E-state index < -0.39 is 10.0 Å². The normalized spacial score (nSPS) is 12.2. The van der Waals surface area contributed by atoms with Gasteiger partial charge in [0.2, 0.25) is 0 Å². The summed E-state index contributed by atoms with van der Waals surface area (Å²) in [5.74, 6) is 0.619. The lowest BCUT2D eigenvalue weighted by Crippen LogP contribution is -2.25. The second-order valence-corrected chi connectivity index (χ2v) is 8.50. The largest absolute Gasteiger partial charge is 0.468 e. The Balaban J connectivity index is 2.25. The summed E-state index contributed by atoms with van der Waals surface area (Å²) in [4.78, 5) is 0. The van der Waals surface area contributed by atoms with E-state index in [9.17, 15) is 8.42 Å². The minimum absolute atomic E-state index is 0.226. The topological polar surface area (TPSA) is 50.5 Å². The molecule has 2 aromatic heterocycles. The van der Waals surface area contributed by atoms with E-state index in [1.54, 1.807) is 25.2 Å². The van der Waals surface area contributed by atoms with Gasteiger partial charge in [0.1, 0.15) is 9.97 Å². The van der Waals surface area contributed by atoms with E-state index in [0.717, 1.165) is 9.35 Å². The quantitative estimate of drug-likeness (QED) is 0.851. The summed E-state index contributed by atoms with van der Waals surface area (Å²) < 4.78 is 32.2.